The normalized spacial score (nSPS) is 10.2. The lowest BCUT2D eigenvalue weighted by atomic mass is 9.95. The molecule has 0 heterocycles. The zero-order chi connectivity index (χ0) is 14.6. The van der Waals surface area contributed by atoms with Crippen LogP contribution in [0.3, 0.4) is 0 Å². The number of esters is 1. The molecule has 0 amide bonds. The highest BCUT2D eigenvalue weighted by Gasteiger charge is 2.20. The van der Waals surface area contributed by atoms with Crippen LogP contribution < -0.4 is 9.47 Å². The minimum Gasteiger partial charge on any atom is -0.496 e. The van der Waals surface area contributed by atoms with E-state index in [-0.39, 0.29) is 12.4 Å². The Balaban J connectivity index is 3.35. The molecule has 0 unspecified atom stereocenters. The average molecular weight is 266 g/mol. The van der Waals surface area contributed by atoms with Crippen molar-refractivity contribution in [3.63, 3.8) is 0 Å². The number of hydrogen-bond acceptors (Lipinski definition) is 4. The molecule has 19 heavy (non-hydrogen) atoms. The van der Waals surface area contributed by atoms with E-state index in [9.17, 15) is 4.79 Å². The summed E-state index contributed by atoms with van der Waals surface area (Å²) in [6.45, 7) is 8.05. The fraction of sp³-hybridized carbons (Fsp3) is 0.533. The Labute approximate surface area is 114 Å². The van der Waals surface area contributed by atoms with E-state index in [0.29, 0.717) is 6.61 Å². The Kier molecular flexibility index (Phi) is 5.21. The van der Waals surface area contributed by atoms with Gasteiger partial charge in [-0.25, -0.2) is 0 Å². The first-order chi connectivity index (χ1) is 8.97. The van der Waals surface area contributed by atoms with Gasteiger partial charge in [0.05, 0.1) is 27.2 Å². The van der Waals surface area contributed by atoms with E-state index in [1.54, 1.807) is 21.1 Å². The molecule has 0 aliphatic heterocycles. The lowest BCUT2D eigenvalue weighted by Gasteiger charge is -2.20. The van der Waals surface area contributed by atoms with E-state index < -0.39 is 0 Å². The van der Waals surface area contributed by atoms with Crippen molar-refractivity contribution in [3.05, 3.63) is 22.3 Å². The fourth-order valence-electron chi connectivity index (χ4n) is 2.31. The number of carbonyl (C=O) groups excluding carboxylic acids is 1. The zero-order valence-corrected chi connectivity index (χ0v) is 12.5. The second-order valence-corrected chi connectivity index (χ2v) is 4.40. The van der Waals surface area contributed by atoms with Crippen molar-refractivity contribution < 1.29 is 19.0 Å². The van der Waals surface area contributed by atoms with Crippen molar-refractivity contribution in [1.29, 1.82) is 0 Å². The molecule has 0 aromatic heterocycles. The summed E-state index contributed by atoms with van der Waals surface area (Å²) in [5, 5.41) is 0. The largest absolute Gasteiger partial charge is 0.496 e. The van der Waals surface area contributed by atoms with Crippen molar-refractivity contribution >= 4 is 5.97 Å². The standard InChI is InChI=1S/C15H22O4/c1-7-19-13(16)8-12-11(4)14(17-5)9(2)10(3)15(12)18-6/h7-8H2,1-6H3. The molecule has 1 aromatic rings. The van der Waals surface area contributed by atoms with E-state index in [0.717, 1.165) is 33.8 Å². The van der Waals surface area contributed by atoms with Crippen LogP contribution in [0.2, 0.25) is 0 Å². The minimum absolute atomic E-state index is 0.195. The van der Waals surface area contributed by atoms with Gasteiger partial charge in [-0.2, -0.15) is 0 Å². The van der Waals surface area contributed by atoms with Crippen molar-refractivity contribution in [2.24, 2.45) is 0 Å². The monoisotopic (exact) mass is 266 g/mol. The Morgan fingerprint density at radius 2 is 1.47 bits per heavy atom. The van der Waals surface area contributed by atoms with Crippen molar-refractivity contribution in [2.75, 3.05) is 20.8 Å². The lowest BCUT2D eigenvalue weighted by molar-refractivity contribution is -0.142. The molecule has 0 aliphatic carbocycles. The third-order valence-electron chi connectivity index (χ3n) is 3.35. The maximum Gasteiger partial charge on any atom is 0.310 e. The molecule has 0 aliphatic rings. The van der Waals surface area contributed by atoms with Crippen LogP contribution in [0, 0.1) is 20.8 Å². The maximum absolute atomic E-state index is 11.7. The second kappa shape index (κ2) is 6.45. The van der Waals surface area contributed by atoms with Gasteiger partial charge in [0, 0.05) is 5.56 Å². The van der Waals surface area contributed by atoms with E-state index in [1.807, 2.05) is 20.8 Å². The highest BCUT2D eigenvalue weighted by Crippen LogP contribution is 2.37. The Morgan fingerprint density at radius 3 is 1.95 bits per heavy atom. The number of methoxy groups -OCH3 is 2. The van der Waals surface area contributed by atoms with Crippen molar-refractivity contribution in [2.45, 2.75) is 34.1 Å². The molecule has 106 valence electrons. The fourth-order valence-corrected chi connectivity index (χ4v) is 2.31. The van der Waals surface area contributed by atoms with Gasteiger partial charge in [0.15, 0.2) is 0 Å². The van der Waals surface area contributed by atoms with Gasteiger partial charge in [0.25, 0.3) is 0 Å². The van der Waals surface area contributed by atoms with Gasteiger partial charge >= 0.3 is 5.97 Å². The summed E-state index contributed by atoms with van der Waals surface area (Å²) in [6.07, 6.45) is 0.195. The summed E-state index contributed by atoms with van der Waals surface area (Å²) < 4.78 is 15.9. The van der Waals surface area contributed by atoms with Crippen LogP contribution in [0.5, 0.6) is 11.5 Å². The molecular formula is C15H22O4. The van der Waals surface area contributed by atoms with Gasteiger partial charge in [-0.1, -0.05) is 0 Å². The maximum atomic E-state index is 11.7. The number of benzene rings is 1. The molecule has 1 rings (SSSR count). The quantitative estimate of drug-likeness (QED) is 0.769. The molecule has 0 atom stereocenters. The molecule has 0 bridgehead atoms. The van der Waals surface area contributed by atoms with Gasteiger partial charge in [0.2, 0.25) is 0 Å². The highest BCUT2D eigenvalue weighted by molar-refractivity contribution is 5.76. The Hall–Kier alpha value is -1.71. The molecule has 0 fully saturated rings. The predicted molar refractivity (Wildman–Crippen MR) is 74.1 cm³/mol. The molecule has 0 spiro atoms. The van der Waals surface area contributed by atoms with Gasteiger partial charge in [-0.15, -0.1) is 0 Å². The van der Waals surface area contributed by atoms with Crippen molar-refractivity contribution in [1.82, 2.24) is 0 Å². The van der Waals surface area contributed by atoms with Crippen LogP contribution in [0.25, 0.3) is 0 Å². The number of hydrogen-bond donors (Lipinski definition) is 0. The number of carbonyl (C=O) groups is 1. The average Bonchev–Trinajstić information content (AvgIpc) is 2.37. The summed E-state index contributed by atoms with van der Waals surface area (Å²) in [5.41, 5.74) is 3.78. The summed E-state index contributed by atoms with van der Waals surface area (Å²) in [5.74, 6) is 1.29. The van der Waals surface area contributed by atoms with E-state index >= 15 is 0 Å². The van der Waals surface area contributed by atoms with Crippen LogP contribution in [0.4, 0.5) is 0 Å². The van der Waals surface area contributed by atoms with E-state index in [2.05, 4.69) is 0 Å². The summed E-state index contributed by atoms with van der Waals surface area (Å²) >= 11 is 0. The third-order valence-corrected chi connectivity index (χ3v) is 3.35. The highest BCUT2D eigenvalue weighted by atomic mass is 16.5. The molecule has 1 aromatic carbocycles. The summed E-state index contributed by atoms with van der Waals surface area (Å²) in [4.78, 5) is 11.7. The Morgan fingerprint density at radius 1 is 0.947 bits per heavy atom. The SMILES string of the molecule is CCOC(=O)Cc1c(C)c(OC)c(C)c(C)c1OC. The summed E-state index contributed by atoms with van der Waals surface area (Å²) in [7, 11) is 3.25. The zero-order valence-electron chi connectivity index (χ0n) is 12.5. The molecule has 4 heteroatoms. The van der Waals surface area contributed by atoms with Crippen LogP contribution in [-0.2, 0) is 16.0 Å². The minimum atomic E-state index is -0.255. The topological polar surface area (TPSA) is 44.8 Å². The van der Waals surface area contributed by atoms with Gasteiger partial charge in [-0.3, -0.25) is 4.79 Å². The van der Waals surface area contributed by atoms with Crippen molar-refractivity contribution in [3.8, 4) is 11.5 Å². The number of ether oxygens (including phenoxy) is 3. The molecule has 4 nitrogen and oxygen atoms in total. The van der Waals surface area contributed by atoms with Gasteiger partial charge in [-0.05, 0) is 44.4 Å². The van der Waals surface area contributed by atoms with Crippen LogP contribution in [-0.4, -0.2) is 26.8 Å². The molecular weight excluding hydrogens is 244 g/mol. The first-order valence-electron chi connectivity index (χ1n) is 6.34. The smallest absolute Gasteiger partial charge is 0.310 e. The first-order valence-corrected chi connectivity index (χ1v) is 6.34. The second-order valence-electron chi connectivity index (χ2n) is 4.40. The molecule has 0 radical (unpaired) electrons. The van der Waals surface area contributed by atoms with E-state index in [4.69, 9.17) is 14.2 Å². The third kappa shape index (κ3) is 3.00. The summed E-state index contributed by atoms with van der Waals surface area (Å²) in [6, 6.07) is 0. The predicted octanol–water partition coefficient (Wildman–Crippen LogP) is 2.73. The van der Waals surface area contributed by atoms with Gasteiger partial charge < -0.3 is 14.2 Å². The van der Waals surface area contributed by atoms with Crippen LogP contribution >= 0.6 is 0 Å². The molecule has 0 N–H and O–H groups in total. The molecule has 0 saturated heterocycles. The number of rotatable bonds is 5. The van der Waals surface area contributed by atoms with Crippen LogP contribution in [0.15, 0.2) is 0 Å². The molecule has 0 saturated carbocycles. The lowest BCUT2D eigenvalue weighted by Crippen LogP contribution is -2.12. The van der Waals surface area contributed by atoms with Crippen LogP contribution in [0.1, 0.15) is 29.2 Å². The van der Waals surface area contributed by atoms with Gasteiger partial charge in [0.1, 0.15) is 11.5 Å². The first kappa shape index (κ1) is 15.3. The Bertz CT molecular complexity index is 478. The van der Waals surface area contributed by atoms with E-state index in [1.165, 1.54) is 0 Å².